The minimum atomic E-state index is -0.321. The Kier molecular flexibility index (Phi) is 7.91. The first-order valence-electron chi connectivity index (χ1n) is 13.0. The lowest BCUT2D eigenvalue weighted by Gasteiger charge is -2.42. The van der Waals surface area contributed by atoms with Crippen molar-refractivity contribution in [2.75, 3.05) is 25.0 Å². The van der Waals surface area contributed by atoms with Gasteiger partial charge in [0, 0.05) is 26.3 Å². The van der Waals surface area contributed by atoms with Crippen LogP contribution in [0.15, 0.2) is 42.9 Å². The standard InChI is InChI=1S/C29H36N6O2/c1-19(2)16-22-6-8-23(9-7-22)21(4)29(37)35-15-12-24-27(31-18-32-28(24)35)33(5)25-17-34(14-11-20(25)3)26(36)10-13-30/h6-9,12,15,18-21,25H,10-11,14,16-17H2,1-5H3/t20-,21+,25+/m1/s1. The molecule has 2 aromatic heterocycles. The maximum atomic E-state index is 13.5. The predicted octanol–water partition coefficient (Wildman–Crippen LogP) is 4.66. The second-order valence-corrected chi connectivity index (χ2v) is 10.6. The molecule has 0 bridgehead atoms. The highest BCUT2D eigenvalue weighted by Gasteiger charge is 2.33. The number of nitriles is 1. The smallest absolute Gasteiger partial charge is 0.239 e. The fourth-order valence-electron chi connectivity index (χ4n) is 5.28. The first-order valence-corrected chi connectivity index (χ1v) is 13.0. The zero-order chi connectivity index (χ0) is 26.7. The molecule has 1 fully saturated rings. The third-order valence-electron chi connectivity index (χ3n) is 7.53. The molecule has 0 radical (unpaired) electrons. The molecular formula is C29H36N6O2. The Morgan fingerprint density at radius 3 is 2.57 bits per heavy atom. The van der Waals surface area contributed by atoms with Crippen molar-refractivity contribution < 1.29 is 9.59 Å². The number of carbonyl (C=O) groups excluding carboxylic acids is 2. The van der Waals surface area contributed by atoms with Gasteiger partial charge in [0.1, 0.15) is 18.6 Å². The maximum absolute atomic E-state index is 13.5. The molecule has 0 saturated carbocycles. The summed E-state index contributed by atoms with van der Waals surface area (Å²) >= 11 is 0. The van der Waals surface area contributed by atoms with E-state index in [4.69, 9.17) is 5.26 Å². The number of likely N-dealkylation sites (tertiary alicyclic amines) is 1. The van der Waals surface area contributed by atoms with Crippen LogP contribution in [0.4, 0.5) is 5.82 Å². The van der Waals surface area contributed by atoms with Crippen LogP contribution in [0.3, 0.4) is 0 Å². The third kappa shape index (κ3) is 5.51. The van der Waals surface area contributed by atoms with Crippen molar-refractivity contribution in [1.29, 1.82) is 5.26 Å². The van der Waals surface area contributed by atoms with Crippen molar-refractivity contribution >= 4 is 28.7 Å². The third-order valence-corrected chi connectivity index (χ3v) is 7.53. The van der Waals surface area contributed by atoms with Crippen LogP contribution >= 0.6 is 0 Å². The number of amides is 1. The van der Waals surface area contributed by atoms with E-state index in [-0.39, 0.29) is 30.2 Å². The van der Waals surface area contributed by atoms with Crippen molar-refractivity contribution in [3.05, 3.63) is 54.0 Å². The molecule has 3 heterocycles. The maximum Gasteiger partial charge on any atom is 0.239 e. The van der Waals surface area contributed by atoms with Gasteiger partial charge in [0.2, 0.25) is 11.8 Å². The van der Waals surface area contributed by atoms with Gasteiger partial charge in [-0.15, -0.1) is 0 Å². The molecule has 1 aliphatic heterocycles. The van der Waals surface area contributed by atoms with Crippen LogP contribution in [-0.2, 0) is 11.2 Å². The van der Waals surface area contributed by atoms with Gasteiger partial charge in [0.15, 0.2) is 5.65 Å². The Labute approximate surface area is 218 Å². The predicted molar refractivity (Wildman–Crippen MR) is 144 cm³/mol. The summed E-state index contributed by atoms with van der Waals surface area (Å²) in [5.74, 6) is 1.15. The van der Waals surface area contributed by atoms with Crippen LogP contribution in [0.2, 0.25) is 0 Å². The molecule has 194 valence electrons. The zero-order valence-electron chi connectivity index (χ0n) is 22.4. The highest BCUT2D eigenvalue weighted by molar-refractivity contribution is 5.97. The minimum absolute atomic E-state index is 0.0387. The number of rotatable bonds is 7. The van der Waals surface area contributed by atoms with Crippen LogP contribution in [0, 0.1) is 23.2 Å². The fraction of sp³-hybridized carbons (Fsp3) is 0.483. The molecule has 37 heavy (non-hydrogen) atoms. The van der Waals surface area contributed by atoms with Crippen LogP contribution in [0.25, 0.3) is 11.0 Å². The van der Waals surface area contributed by atoms with Crippen molar-refractivity contribution in [2.45, 2.75) is 58.9 Å². The van der Waals surface area contributed by atoms with Gasteiger partial charge in [-0.1, -0.05) is 45.0 Å². The van der Waals surface area contributed by atoms with Crippen LogP contribution in [-0.4, -0.2) is 57.4 Å². The van der Waals surface area contributed by atoms with Crippen molar-refractivity contribution in [3.63, 3.8) is 0 Å². The molecule has 3 atom stereocenters. The van der Waals surface area contributed by atoms with E-state index in [0.29, 0.717) is 30.6 Å². The monoisotopic (exact) mass is 500 g/mol. The molecule has 8 nitrogen and oxygen atoms in total. The second kappa shape index (κ2) is 11.1. The van der Waals surface area contributed by atoms with Gasteiger partial charge in [-0.05, 0) is 48.8 Å². The minimum Gasteiger partial charge on any atom is -0.354 e. The highest BCUT2D eigenvalue weighted by atomic mass is 16.2. The van der Waals surface area contributed by atoms with Gasteiger partial charge in [0.25, 0.3) is 0 Å². The Balaban J connectivity index is 1.58. The van der Waals surface area contributed by atoms with E-state index in [1.807, 2.05) is 38.2 Å². The lowest BCUT2D eigenvalue weighted by Crippen LogP contribution is -2.52. The number of hydrogen-bond donors (Lipinski definition) is 0. The molecule has 0 unspecified atom stereocenters. The van der Waals surface area contributed by atoms with Crippen LogP contribution < -0.4 is 4.90 Å². The van der Waals surface area contributed by atoms with Gasteiger partial charge in [-0.3, -0.25) is 14.2 Å². The first-order chi connectivity index (χ1) is 17.7. The summed E-state index contributed by atoms with van der Waals surface area (Å²) in [5, 5.41) is 9.73. The van der Waals surface area contributed by atoms with Crippen LogP contribution in [0.1, 0.15) is 62.4 Å². The molecule has 0 aliphatic carbocycles. The van der Waals surface area contributed by atoms with Crippen molar-refractivity contribution in [1.82, 2.24) is 19.4 Å². The fourth-order valence-corrected chi connectivity index (χ4v) is 5.28. The largest absolute Gasteiger partial charge is 0.354 e. The number of likely N-dealkylation sites (N-methyl/N-ethyl adjacent to an activating group) is 1. The second-order valence-electron chi connectivity index (χ2n) is 10.6. The molecule has 8 heteroatoms. The van der Waals surface area contributed by atoms with Gasteiger partial charge in [-0.2, -0.15) is 5.26 Å². The lowest BCUT2D eigenvalue weighted by molar-refractivity contribution is -0.131. The number of benzene rings is 1. The van der Waals surface area contributed by atoms with E-state index in [0.717, 1.165) is 29.6 Å². The van der Waals surface area contributed by atoms with Crippen molar-refractivity contribution in [3.8, 4) is 6.07 Å². The van der Waals surface area contributed by atoms with Gasteiger partial charge in [-0.25, -0.2) is 9.97 Å². The van der Waals surface area contributed by atoms with E-state index < -0.39 is 0 Å². The summed E-state index contributed by atoms with van der Waals surface area (Å²) < 4.78 is 1.62. The topological polar surface area (TPSA) is 95.1 Å². The molecule has 1 amide bonds. The average Bonchev–Trinajstić information content (AvgIpc) is 3.32. The Morgan fingerprint density at radius 1 is 1.16 bits per heavy atom. The molecule has 0 N–H and O–H groups in total. The highest BCUT2D eigenvalue weighted by Crippen LogP contribution is 2.30. The molecule has 0 spiro atoms. The average molecular weight is 501 g/mol. The number of piperidine rings is 1. The summed E-state index contributed by atoms with van der Waals surface area (Å²) in [6.45, 7) is 9.69. The molecule has 1 aliphatic rings. The number of nitrogens with zero attached hydrogens (tertiary/aromatic N) is 6. The summed E-state index contributed by atoms with van der Waals surface area (Å²) in [6, 6.07) is 12.2. The number of fused-ring (bicyclic) bond motifs is 1. The number of hydrogen-bond acceptors (Lipinski definition) is 6. The molecule has 1 saturated heterocycles. The summed E-state index contributed by atoms with van der Waals surface area (Å²) in [7, 11) is 1.97. The number of carbonyl (C=O) groups is 2. The Bertz CT molecular complexity index is 1310. The summed E-state index contributed by atoms with van der Waals surface area (Å²) in [6.07, 6.45) is 5.03. The summed E-state index contributed by atoms with van der Waals surface area (Å²) in [5.41, 5.74) is 2.82. The Morgan fingerprint density at radius 2 is 1.89 bits per heavy atom. The normalized spacial score (nSPS) is 18.6. The van der Waals surface area contributed by atoms with Crippen LogP contribution in [0.5, 0.6) is 0 Å². The van der Waals surface area contributed by atoms with E-state index in [1.165, 1.54) is 11.9 Å². The van der Waals surface area contributed by atoms with E-state index >= 15 is 0 Å². The Hall–Kier alpha value is -3.73. The summed E-state index contributed by atoms with van der Waals surface area (Å²) in [4.78, 5) is 38.8. The number of aromatic nitrogens is 3. The van der Waals surface area contributed by atoms with Gasteiger partial charge >= 0.3 is 0 Å². The molecule has 1 aromatic carbocycles. The SMILES string of the molecule is CC(C)Cc1ccc([C@H](C)C(=O)n2ccc3c(N(C)[C@H]4CN(C(=O)CC#N)CC[C@H]4C)ncnc32)cc1. The van der Waals surface area contributed by atoms with Gasteiger partial charge in [0.05, 0.1) is 23.4 Å². The molecule has 4 rings (SSSR count). The van der Waals surface area contributed by atoms with E-state index in [9.17, 15) is 9.59 Å². The lowest BCUT2D eigenvalue weighted by atomic mass is 9.92. The first kappa shape index (κ1) is 26.3. The zero-order valence-corrected chi connectivity index (χ0v) is 22.4. The molecule has 3 aromatic rings. The van der Waals surface area contributed by atoms with E-state index in [2.05, 4.69) is 47.8 Å². The van der Waals surface area contributed by atoms with E-state index in [1.54, 1.807) is 15.7 Å². The van der Waals surface area contributed by atoms with Crippen molar-refractivity contribution in [2.24, 2.45) is 11.8 Å². The number of anilines is 1. The van der Waals surface area contributed by atoms with Gasteiger partial charge < -0.3 is 9.80 Å². The molecular weight excluding hydrogens is 464 g/mol. The quantitative estimate of drug-likeness (QED) is 0.468.